The van der Waals surface area contributed by atoms with Crippen LogP contribution in [0, 0.1) is 11.3 Å². The number of furan rings is 1. The van der Waals surface area contributed by atoms with Gasteiger partial charge in [-0.05, 0) is 24.8 Å². The van der Waals surface area contributed by atoms with Crippen molar-refractivity contribution in [3.63, 3.8) is 0 Å². The van der Waals surface area contributed by atoms with Gasteiger partial charge in [-0.15, -0.1) is 11.3 Å². The van der Waals surface area contributed by atoms with Crippen molar-refractivity contribution in [2.24, 2.45) is 11.3 Å². The number of amides is 1. The molecule has 0 aromatic carbocycles. The number of carbonyl (C=O) groups excluding carboxylic acids is 1. The molecule has 1 saturated carbocycles. The van der Waals surface area contributed by atoms with Crippen LogP contribution in [-0.2, 0) is 4.79 Å². The van der Waals surface area contributed by atoms with Gasteiger partial charge in [0.2, 0.25) is 0 Å². The SMILES string of the molecule is O=C(c1csc(-c2ccoc2)n1)N1C[C@@H]2CCC[C@@]2(C(=O)O)C1. The van der Waals surface area contributed by atoms with Crippen molar-refractivity contribution < 1.29 is 19.1 Å². The number of likely N-dealkylation sites (tertiary alicyclic amines) is 1. The van der Waals surface area contributed by atoms with Crippen molar-refractivity contribution >= 4 is 23.2 Å². The zero-order valence-corrected chi connectivity index (χ0v) is 13.2. The monoisotopic (exact) mass is 332 g/mol. The molecule has 7 heteroatoms. The second-order valence-electron chi connectivity index (χ2n) is 6.29. The predicted octanol–water partition coefficient (Wildman–Crippen LogP) is 2.73. The maximum absolute atomic E-state index is 12.7. The number of hydrogen-bond donors (Lipinski definition) is 1. The quantitative estimate of drug-likeness (QED) is 0.934. The molecule has 1 N–H and O–H groups in total. The van der Waals surface area contributed by atoms with Gasteiger partial charge in [0.25, 0.3) is 5.91 Å². The second-order valence-corrected chi connectivity index (χ2v) is 7.14. The van der Waals surface area contributed by atoms with Crippen LogP contribution in [-0.4, -0.2) is 40.0 Å². The van der Waals surface area contributed by atoms with Gasteiger partial charge in [0, 0.05) is 24.0 Å². The number of aliphatic carboxylic acids is 1. The van der Waals surface area contributed by atoms with E-state index in [1.807, 2.05) is 0 Å². The fourth-order valence-corrected chi connectivity index (χ4v) is 4.63. The first-order chi connectivity index (χ1) is 11.1. The third-order valence-corrected chi connectivity index (χ3v) is 5.97. The van der Waals surface area contributed by atoms with Crippen LogP contribution in [0.5, 0.6) is 0 Å². The minimum absolute atomic E-state index is 0.0657. The number of nitrogens with zero attached hydrogens (tertiary/aromatic N) is 2. The molecule has 0 radical (unpaired) electrons. The summed E-state index contributed by atoms with van der Waals surface area (Å²) in [5, 5.41) is 12.1. The number of rotatable bonds is 3. The maximum Gasteiger partial charge on any atom is 0.311 e. The lowest BCUT2D eigenvalue weighted by molar-refractivity contribution is -0.149. The summed E-state index contributed by atoms with van der Waals surface area (Å²) in [7, 11) is 0. The third-order valence-electron chi connectivity index (χ3n) is 5.08. The molecule has 2 aliphatic rings. The van der Waals surface area contributed by atoms with E-state index in [9.17, 15) is 14.7 Å². The van der Waals surface area contributed by atoms with Crippen molar-refractivity contribution in [1.82, 2.24) is 9.88 Å². The van der Waals surface area contributed by atoms with Crippen LogP contribution in [0.1, 0.15) is 29.8 Å². The molecule has 2 aromatic rings. The van der Waals surface area contributed by atoms with Gasteiger partial charge in [-0.25, -0.2) is 4.98 Å². The molecule has 2 fully saturated rings. The summed E-state index contributed by atoms with van der Waals surface area (Å²) >= 11 is 1.39. The van der Waals surface area contributed by atoms with Crippen LogP contribution in [0.15, 0.2) is 28.4 Å². The van der Waals surface area contributed by atoms with Crippen molar-refractivity contribution in [3.05, 3.63) is 29.7 Å². The molecule has 1 aliphatic carbocycles. The molecule has 4 rings (SSSR count). The summed E-state index contributed by atoms with van der Waals surface area (Å²) in [6.07, 6.45) is 5.63. The first-order valence-electron chi connectivity index (χ1n) is 7.61. The van der Waals surface area contributed by atoms with E-state index in [4.69, 9.17) is 4.42 Å². The first kappa shape index (κ1) is 14.4. The summed E-state index contributed by atoms with van der Waals surface area (Å²) in [6, 6.07) is 1.80. The molecular weight excluding hydrogens is 316 g/mol. The first-order valence-corrected chi connectivity index (χ1v) is 8.49. The Morgan fingerprint density at radius 1 is 1.48 bits per heavy atom. The topological polar surface area (TPSA) is 83.6 Å². The summed E-state index contributed by atoms with van der Waals surface area (Å²) in [5.41, 5.74) is 0.472. The Labute approximate surface area is 136 Å². The number of aromatic nitrogens is 1. The third kappa shape index (κ3) is 2.18. The number of thiazole rings is 1. The van der Waals surface area contributed by atoms with E-state index in [1.165, 1.54) is 11.3 Å². The molecular formula is C16H16N2O4S. The summed E-state index contributed by atoms with van der Waals surface area (Å²) < 4.78 is 5.03. The summed E-state index contributed by atoms with van der Waals surface area (Å²) in [5.74, 6) is -0.880. The highest BCUT2D eigenvalue weighted by Gasteiger charge is 2.55. The number of carboxylic acids is 1. The van der Waals surface area contributed by atoms with Crippen LogP contribution in [0.25, 0.3) is 10.6 Å². The van der Waals surface area contributed by atoms with Crippen LogP contribution >= 0.6 is 11.3 Å². The lowest BCUT2D eigenvalue weighted by Gasteiger charge is -2.23. The molecule has 23 heavy (non-hydrogen) atoms. The second kappa shape index (κ2) is 5.19. The molecule has 2 aromatic heterocycles. The highest BCUT2D eigenvalue weighted by molar-refractivity contribution is 7.13. The Bertz CT molecular complexity index is 754. The molecule has 120 valence electrons. The fourth-order valence-electron chi connectivity index (χ4n) is 3.85. The lowest BCUT2D eigenvalue weighted by atomic mass is 9.81. The Hall–Kier alpha value is -2.15. The lowest BCUT2D eigenvalue weighted by Crippen LogP contribution is -2.37. The van der Waals surface area contributed by atoms with E-state index >= 15 is 0 Å². The van der Waals surface area contributed by atoms with Gasteiger partial charge in [0.05, 0.1) is 11.7 Å². The highest BCUT2D eigenvalue weighted by Crippen LogP contribution is 2.49. The van der Waals surface area contributed by atoms with Crippen molar-refractivity contribution in [2.45, 2.75) is 19.3 Å². The zero-order chi connectivity index (χ0) is 16.0. The van der Waals surface area contributed by atoms with Crippen LogP contribution < -0.4 is 0 Å². The smallest absolute Gasteiger partial charge is 0.311 e. The number of hydrogen-bond acceptors (Lipinski definition) is 5. The molecule has 1 aliphatic heterocycles. The molecule has 0 spiro atoms. The van der Waals surface area contributed by atoms with Gasteiger partial charge in [-0.2, -0.15) is 0 Å². The van der Waals surface area contributed by atoms with Crippen LogP contribution in [0.2, 0.25) is 0 Å². The fraction of sp³-hybridized carbons (Fsp3) is 0.438. The van der Waals surface area contributed by atoms with E-state index in [0.717, 1.165) is 23.4 Å². The molecule has 0 bridgehead atoms. The molecule has 1 saturated heterocycles. The Morgan fingerprint density at radius 3 is 3.04 bits per heavy atom. The predicted molar refractivity (Wildman–Crippen MR) is 83.1 cm³/mol. The van der Waals surface area contributed by atoms with Crippen LogP contribution in [0.3, 0.4) is 0 Å². The van der Waals surface area contributed by atoms with Gasteiger partial charge in [0.15, 0.2) is 0 Å². The standard InChI is InChI=1S/C16H16N2O4S/c19-14(12-8-23-13(17-12)10-3-5-22-7-10)18-6-11-2-1-4-16(11,9-18)15(20)21/h3,5,7-8,11H,1-2,4,6,9H2,(H,20,21)/t11-,16+/m0/s1. The van der Waals surface area contributed by atoms with E-state index in [-0.39, 0.29) is 11.8 Å². The molecule has 6 nitrogen and oxygen atoms in total. The highest BCUT2D eigenvalue weighted by atomic mass is 32.1. The van der Waals surface area contributed by atoms with Gasteiger partial charge >= 0.3 is 5.97 Å². The molecule has 1 amide bonds. The number of carboxylic acid groups (broad SMARTS) is 1. The minimum Gasteiger partial charge on any atom is -0.481 e. The Kier molecular flexibility index (Phi) is 3.26. The summed E-state index contributed by atoms with van der Waals surface area (Å²) in [6.45, 7) is 0.814. The average molecular weight is 332 g/mol. The van der Waals surface area contributed by atoms with E-state index in [1.54, 1.807) is 28.9 Å². The molecule has 3 heterocycles. The average Bonchev–Trinajstić information content (AvgIpc) is 3.27. The largest absolute Gasteiger partial charge is 0.481 e. The van der Waals surface area contributed by atoms with E-state index < -0.39 is 11.4 Å². The molecule has 0 unspecified atom stereocenters. The normalized spacial score (nSPS) is 26.4. The van der Waals surface area contributed by atoms with E-state index in [0.29, 0.717) is 25.2 Å². The van der Waals surface area contributed by atoms with Crippen molar-refractivity contribution in [3.8, 4) is 10.6 Å². The Balaban J connectivity index is 1.56. The van der Waals surface area contributed by atoms with E-state index in [2.05, 4.69) is 4.98 Å². The van der Waals surface area contributed by atoms with Gasteiger partial charge in [-0.1, -0.05) is 6.42 Å². The minimum atomic E-state index is -0.771. The Morgan fingerprint density at radius 2 is 2.35 bits per heavy atom. The number of carbonyl (C=O) groups is 2. The van der Waals surface area contributed by atoms with Crippen molar-refractivity contribution in [2.75, 3.05) is 13.1 Å². The van der Waals surface area contributed by atoms with Crippen LogP contribution in [0.4, 0.5) is 0 Å². The summed E-state index contributed by atoms with van der Waals surface area (Å²) in [4.78, 5) is 30.4. The van der Waals surface area contributed by atoms with Crippen molar-refractivity contribution in [1.29, 1.82) is 0 Å². The maximum atomic E-state index is 12.7. The van der Waals surface area contributed by atoms with Gasteiger partial charge < -0.3 is 14.4 Å². The molecule has 2 atom stereocenters. The zero-order valence-electron chi connectivity index (χ0n) is 12.4. The number of fused-ring (bicyclic) bond motifs is 1. The van der Waals surface area contributed by atoms with Gasteiger partial charge in [0.1, 0.15) is 17.0 Å². The van der Waals surface area contributed by atoms with Gasteiger partial charge in [-0.3, -0.25) is 9.59 Å².